The molecule has 2 N–H and O–H groups in total. The number of nitrogens with zero attached hydrogens (tertiary/aromatic N) is 3. The number of benzene rings is 2. The molecular formula is C19H20N4O2. The first-order valence-corrected chi connectivity index (χ1v) is 8.40. The fraction of sp³-hybridized carbons (Fsp3) is 0.263. The van der Waals surface area contributed by atoms with Crippen molar-refractivity contribution < 1.29 is 9.26 Å². The topological polar surface area (TPSA) is 77.4 Å². The van der Waals surface area contributed by atoms with Crippen LogP contribution < -0.4 is 10.6 Å². The summed E-state index contributed by atoms with van der Waals surface area (Å²) < 4.78 is 11.0. The van der Waals surface area contributed by atoms with Crippen molar-refractivity contribution in [1.82, 2.24) is 10.1 Å². The average Bonchev–Trinajstić information content (AvgIpc) is 3.19. The van der Waals surface area contributed by atoms with Gasteiger partial charge < -0.3 is 19.9 Å². The van der Waals surface area contributed by atoms with Crippen LogP contribution in [0.1, 0.15) is 5.56 Å². The highest BCUT2D eigenvalue weighted by molar-refractivity contribution is 5.74. The van der Waals surface area contributed by atoms with Crippen LogP contribution in [0, 0.1) is 0 Å². The van der Waals surface area contributed by atoms with Crippen molar-refractivity contribution >= 4 is 5.69 Å². The first-order valence-electron chi connectivity index (χ1n) is 8.40. The fourth-order valence-corrected chi connectivity index (χ4v) is 2.97. The number of hydrogen-bond acceptors (Lipinski definition) is 6. The molecule has 0 atom stereocenters. The van der Waals surface area contributed by atoms with E-state index in [1.807, 2.05) is 42.5 Å². The van der Waals surface area contributed by atoms with E-state index < -0.39 is 0 Å². The second-order valence-corrected chi connectivity index (χ2v) is 5.94. The number of morpholine rings is 1. The second-order valence-electron chi connectivity index (χ2n) is 5.94. The summed E-state index contributed by atoms with van der Waals surface area (Å²) in [6.07, 6.45) is 0. The lowest BCUT2D eigenvalue weighted by Gasteiger charge is -2.29. The zero-order valence-electron chi connectivity index (χ0n) is 13.9. The van der Waals surface area contributed by atoms with E-state index in [2.05, 4.69) is 21.1 Å². The van der Waals surface area contributed by atoms with Crippen LogP contribution in [0.15, 0.2) is 53.1 Å². The molecule has 1 fully saturated rings. The molecular weight excluding hydrogens is 316 g/mol. The minimum absolute atomic E-state index is 0.519. The van der Waals surface area contributed by atoms with Crippen molar-refractivity contribution in [3.63, 3.8) is 0 Å². The van der Waals surface area contributed by atoms with Gasteiger partial charge in [-0.1, -0.05) is 41.6 Å². The first-order chi connectivity index (χ1) is 12.3. The summed E-state index contributed by atoms with van der Waals surface area (Å²) in [4.78, 5) is 6.89. The Kier molecular flexibility index (Phi) is 4.45. The van der Waals surface area contributed by atoms with Gasteiger partial charge in [-0.3, -0.25) is 0 Å². The lowest BCUT2D eigenvalue weighted by atomic mass is 10.1. The van der Waals surface area contributed by atoms with E-state index in [9.17, 15) is 0 Å². The predicted octanol–water partition coefficient (Wildman–Crippen LogP) is 2.70. The lowest BCUT2D eigenvalue weighted by Crippen LogP contribution is -2.36. The Balaban J connectivity index is 1.65. The zero-order valence-corrected chi connectivity index (χ0v) is 13.9. The third-order valence-electron chi connectivity index (χ3n) is 4.36. The van der Waals surface area contributed by atoms with Gasteiger partial charge in [-0.2, -0.15) is 4.98 Å². The summed E-state index contributed by atoms with van der Waals surface area (Å²) in [5.74, 6) is 1.11. The van der Waals surface area contributed by atoms with E-state index in [1.165, 1.54) is 0 Å². The Morgan fingerprint density at radius 2 is 1.76 bits per heavy atom. The maximum absolute atomic E-state index is 5.64. The maximum atomic E-state index is 5.64. The molecule has 6 nitrogen and oxygen atoms in total. The summed E-state index contributed by atoms with van der Waals surface area (Å²) in [6, 6.07) is 16.0. The molecule has 25 heavy (non-hydrogen) atoms. The van der Waals surface area contributed by atoms with Gasteiger partial charge in [-0.15, -0.1) is 0 Å². The largest absolute Gasteiger partial charge is 0.378 e. The van der Waals surface area contributed by atoms with Crippen molar-refractivity contribution in [1.29, 1.82) is 0 Å². The van der Waals surface area contributed by atoms with E-state index in [0.29, 0.717) is 18.3 Å². The van der Waals surface area contributed by atoms with Gasteiger partial charge in [0.2, 0.25) is 5.82 Å². The van der Waals surface area contributed by atoms with Crippen LogP contribution in [0.3, 0.4) is 0 Å². The Bertz CT molecular complexity index is 839. The van der Waals surface area contributed by atoms with Crippen molar-refractivity contribution in [3.05, 3.63) is 54.1 Å². The lowest BCUT2D eigenvalue weighted by molar-refractivity contribution is 0.122. The Hall–Kier alpha value is -2.70. The minimum Gasteiger partial charge on any atom is -0.378 e. The van der Waals surface area contributed by atoms with Crippen LogP contribution in [-0.2, 0) is 11.3 Å². The van der Waals surface area contributed by atoms with Crippen molar-refractivity contribution in [2.45, 2.75) is 6.54 Å². The van der Waals surface area contributed by atoms with E-state index in [1.54, 1.807) is 0 Å². The van der Waals surface area contributed by atoms with E-state index in [4.69, 9.17) is 15.0 Å². The SMILES string of the molecule is NCc1ccc(-c2noc(-c3ccccc3N3CCOCC3)n2)cc1. The van der Waals surface area contributed by atoms with Gasteiger partial charge in [0, 0.05) is 30.9 Å². The van der Waals surface area contributed by atoms with Gasteiger partial charge in [-0.25, -0.2) is 0 Å². The van der Waals surface area contributed by atoms with Gasteiger partial charge in [0.25, 0.3) is 5.89 Å². The molecule has 4 rings (SSSR count). The Labute approximate surface area is 146 Å². The molecule has 128 valence electrons. The zero-order chi connectivity index (χ0) is 17.1. The molecule has 0 radical (unpaired) electrons. The molecule has 0 unspecified atom stereocenters. The number of anilines is 1. The van der Waals surface area contributed by atoms with Crippen LogP contribution in [-0.4, -0.2) is 36.4 Å². The molecule has 1 saturated heterocycles. The van der Waals surface area contributed by atoms with Gasteiger partial charge in [0.15, 0.2) is 0 Å². The highest BCUT2D eigenvalue weighted by Crippen LogP contribution is 2.31. The van der Waals surface area contributed by atoms with Crippen LogP contribution in [0.4, 0.5) is 5.69 Å². The summed E-state index contributed by atoms with van der Waals surface area (Å²) in [6.45, 7) is 3.70. The molecule has 1 aromatic heterocycles. The molecule has 6 heteroatoms. The smallest absolute Gasteiger partial charge is 0.260 e. The Morgan fingerprint density at radius 1 is 1.00 bits per heavy atom. The molecule has 3 aromatic rings. The number of ether oxygens (including phenoxy) is 1. The number of nitrogens with two attached hydrogens (primary N) is 1. The highest BCUT2D eigenvalue weighted by atomic mass is 16.5. The third kappa shape index (κ3) is 3.26. The van der Waals surface area contributed by atoms with Crippen LogP contribution in [0.25, 0.3) is 22.8 Å². The molecule has 2 heterocycles. The predicted molar refractivity (Wildman–Crippen MR) is 96.1 cm³/mol. The fourth-order valence-electron chi connectivity index (χ4n) is 2.97. The van der Waals surface area contributed by atoms with E-state index in [0.717, 1.165) is 48.7 Å². The van der Waals surface area contributed by atoms with Crippen molar-refractivity contribution in [3.8, 4) is 22.8 Å². The first kappa shape index (κ1) is 15.8. The molecule has 0 spiro atoms. The molecule has 1 aliphatic rings. The molecule has 1 aliphatic heterocycles. The third-order valence-corrected chi connectivity index (χ3v) is 4.36. The van der Waals surface area contributed by atoms with Gasteiger partial charge in [-0.05, 0) is 17.7 Å². The number of rotatable bonds is 4. The summed E-state index contributed by atoms with van der Waals surface area (Å²) in [7, 11) is 0. The van der Waals surface area contributed by atoms with E-state index in [-0.39, 0.29) is 0 Å². The Morgan fingerprint density at radius 3 is 2.52 bits per heavy atom. The molecule has 0 aliphatic carbocycles. The minimum atomic E-state index is 0.519. The average molecular weight is 336 g/mol. The van der Waals surface area contributed by atoms with Crippen LogP contribution >= 0.6 is 0 Å². The molecule has 2 aromatic carbocycles. The van der Waals surface area contributed by atoms with Crippen molar-refractivity contribution in [2.24, 2.45) is 5.73 Å². The molecule has 0 amide bonds. The quantitative estimate of drug-likeness (QED) is 0.789. The molecule has 0 saturated carbocycles. The highest BCUT2D eigenvalue weighted by Gasteiger charge is 2.19. The standard InChI is InChI=1S/C19H20N4O2/c20-13-14-5-7-15(8-6-14)18-21-19(25-22-18)16-3-1-2-4-17(16)23-9-11-24-12-10-23/h1-8H,9-13,20H2. The number of para-hydroxylation sites is 1. The second kappa shape index (κ2) is 7.04. The van der Waals surface area contributed by atoms with Gasteiger partial charge in [0.1, 0.15) is 0 Å². The van der Waals surface area contributed by atoms with Crippen LogP contribution in [0.5, 0.6) is 0 Å². The summed E-state index contributed by atoms with van der Waals surface area (Å²) in [5.41, 5.74) is 9.67. The van der Waals surface area contributed by atoms with Crippen LogP contribution in [0.2, 0.25) is 0 Å². The van der Waals surface area contributed by atoms with Gasteiger partial charge in [0.05, 0.1) is 18.8 Å². The monoisotopic (exact) mass is 336 g/mol. The summed E-state index contributed by atoms with van der Waals surface area (Å²) in [5, 5.41) is 4.14. The molecule has 0 bridgehead atoms. The number of hydrogen-bond donors (Lipinski definition) is 1. The number of aromatic nitrogens is 2. The van der Waals surface area contributed by atoms with Crippen molar-refractivity contribution in [2.75, 3.05) is 31.2 Å². The summed E-state index contributed by atoms with van der Waals surface area (Å²) >= 11 is 0. The normalized spacial score (nSPS) is 14.7. The maximum Gasteiger partial charge on any atom is 0.260 e. The van der Waals surface area contributed by atoms with E-state index >= 15 is 0 Å². The van der Waals surface area contributed by atoms with Gasteiger partial charge >= 0.3 is 0 Å².